The van der Waals surface area contributed by atoms with E-state index in [0.717, 1.165) is 0 Å². The third-order valence-corrected chi connectivity index (χ3v) is 3.72. The van der Waals surface area contributed by atoms with Gasteiger partial charge in [0.1, 0.15) is 11.6 Å². The van der Waals surface area contributed by atoms with Gasteiger partial charge < -0.3 is 10.1 Å². The van der Waals surface area contributed by atoms with Crippen LogP contribution in [-0.4, -0.2) is 47.5 Å². The van der Waals surface area contributed by atoms with E-state index in [2.05, 4.69) is 10.7 Å². The van der Waals surface area contributed by atoms with Gasteiger partial charge in [0.05, 0.1) is 11.4 Å². The summed E-state index contributed by atoms with van der Waals surface area (Å²) in [5.74, 6) is -0.432. The molecular weight excluding hydrogens is 306 g/mol. The van der Waals surface area contributed by atoms with Crippen LogP contribution in [0, 0.1) is 0 Å². The molecule has 1 fully saturated rings. The number of Topliss-reactive ketones (excluding diaryl/α,β-unsaturated/α-hetero) is 1. The Hall–Kier alpha value is -1.93. The van der Waals surface area contributed by atoms with Crippen LogP contribution >= 0.6 is 11.3 Å². The molecule has 0 unspecified atom stereocenters. The van der Waals surface area contributed by atoms with Crippen molar-refractivity contribution >= 4 is 29.1 Å². The molecule has 0 aromatic carbocycles. The average molecular weight is 325 g/mol. The predicted octanol–water partition coefficient (Wildman–Crippen LogP) is 1.17. The van der Waals surface area contributed by atoms with Crippen molar-refractivity contribution < 1.29 is 19.1 Å². The average Bonchev–Trinajstić information content (AvgIpc) is 2.98. The van der Waals surface area contributed by atoms with Crippen molar-refractivity contribution in [2.24, 2.45) is 0 Å². The zero-order chi connectivity index (χ0) is 16.3. The van der Waals surface area contributed by atoms with Gasteiger partial charge in [-0.05, 0) is 32.2 Å². The van der Waals surface area contributed by atoms with Gasteiger partial charge in [-0.3, -0.25) is 15.0 Å². The van der Waals surface area contributed by atoms with E-state index in [9.17, 15) is 14.4 Å². The molecule has 1 saturated heterocycles. The van der Waals surface area contributed by atoms with E-state index in [1.165, 1.54) is 16.3 Å². The van der Waals surface area contributed by atoms with Crippen molar-refractivity contribution in [2.75, 3.05) is 13.1 Å². The number of ether oxygens (including phenoxy) is 1. The van der Waals surface area contributed by atoms with Crippen molar-refractivity contribution in [3.8, 4) is 0 Å². The number of nitrogens with one attached hydrogen (secondary N) is 2. The van der Waals surface area contributed by atoms with Crippen LogP contribution in [0.3, 0.4) is 0 Å². The summed E-state index contributed by atoms with van der Waals surface area (Å²) in [6.45, 7) is 5.52. The zero-order valence-corrected chi connectivity index (χ0v) is 13.5. The molecule has 1 atom stereocenters. The molecule has 1 aliphatic rings. The highest BCUT2D eigenvalue weighted by Crippen LogP contribution is 2.11. The molecule has 0 saturated carbocycles. The Morgan fingerprint density at radius 3 is 2.82 bits per heavy atom. The van der Waals surface area contributed by atoms with Crippen LogP contribution in [-0.2, 0) is 9.53 Å². The van der Waals surface area contributed by atoms with E-state index in [1.54, 1.807) is 32.9 Å². The van der Waals surface area contributed by atoms with Crippen LogP contribution in [0.25, 0.3) is 0 Å². The van der Waals surface area contributed by atoms with Crippen LogP contribution in [0.5, 0.6) is 0 Å². The fraction of sp³-hybridized carbons (Fsp3) is 0.500. The largest absolute Gasteiger partial charge is 0.444 e. The Morgan fingerprint density at radius 2 is 2.23 bits per heavy atom. The number of hydrazine groups is 1. The lowest BCUT2D eigenvalue weighted by molar-refractivity contribution is -0.122. The summed E-state index contributed by atoms with van der Waals surface area (Å²) in [6, 6.07) is 2.81. The maximum atomic E-state index is 12.0. The quantitative estimate of drug-likeness (QED) is 0.812. The van der Waals surface area contributed by atoms with Crippen molar-refractivity contribution in [3.05, 3.63) is 22.4 Å². The number of carbonyl (C=O) groups is 3. The van der Waals surface area contributed by atoms with Gasteiger partial charge in [0, 0.05) is 6.54 Å². The molecule has 0 radical (unpaired) electrons. The lowest BCUT2D eigenvalue weighted by Crippen LogP contribution is -2.44. The molecule has 0 aliphatic carbocycles. The van der Waals surface area contributed by atoms with Gasteiger partial charge in [-0.2, -0.15) is 0 Å². The first-order valence-electron chi connectivity index (χ1n) is 6.86. The molecular formula is C14H19N3O4S. The van der Waals surface area contributed by atoms with Crippen molar-refractivity contribution in [1.29, 1.82) is 0 Å². The van der Waals surface area contributed by atoms with Crippen LogP contribution in [0.1, 0.15) is 30.4 Å². The van der Waals surface area contributed by atoms with Gasteiger partial charge in [0.2, 0.25) is 0 Å². The van der Waals surface area contributed by atoms with E-state index < -0.39 is 17.7 Å². The second-order valence-corrected chi connectivity index (χ2v) is 6.90. The summed E-state index contributed by atoms with van der Waals surface area (Å²) < 4.78 is 5.11. The molecule has 0 spiro atoms. The standard InChI is InChI=1S/C14H19N3O4S/c1-14(2,3)21-13(20)15-9-7-17(16-12(9)19)8-10(18)11-5-4-6-22-11/h4-6,9H,7-8H2,1-3H3,(H,15,20)(H,16,19)/t9-/m1/s1. The fourth-order valence-electron chi connectivity index (χ4n) is 1.94. The highest BCUT2D eigenvalue weighted by Gasteiger charge is 2.33. The summed E-state index contributed by atoms with van der Waals surface area (Å²) in [7, 11) is 0. The second kappa shape index (κ2) is 6.45. The SMILES string of the molecule is CC(C)(C)OC(=O)N[C@@H]1CN(CC(=O)c2cccs2)NC1=O. The number of amides is 2. The monoisotopic (exact) mass is 325 g/mol. The van der Waals surface area contributed by atoms with Crippen molar-refractivity contribution in [3.63, 3.8) is 0 Å². The lowest BCUT2D eigenvalue weighted by Gasteiger charge is -2.20. The maximum Gasteiger partial charge on any atom is 0.408 e. The maximum absolute atomic E-state index is 12.0. The van der Waals surface area contributed by atoms with E-state index in [-0.39, 0.29) is 24.8 Å². The van der Waals surface area contributed by atoms with E-state index in [0.29, 0.717) is 4.88 Å². The molecule has 2 rings (SSSR count). The first-order chi connectivity index (χ1) is 10.2. The first kappa shape index (κ1) is 16.4. The van der Waals surface area contributed by atoms with Crippen LogP contribution in [0.4, 0.5) is 4.79 Å². The van der Waals surface area contributed by atoms with Gasteiger partial charge in [0.15, 0.2) is 5.78 Å². The van der Waals surface area contributed by atoms with E-state index >= 15 is 0 Å². The summed E-state index contributed by atoms with van der Waals surface area (Å²) in [5.41, 5.74) is 1.94. The molecule has 1 aromatic heterocycles. The normalized spacial score (nSPS) is 18.9. The summed E-state index contributed by atoms with van der Waals surface area (Å²) >= 11 is 1.35. The van der Waals surface area contributed by atoms with Gasteiger partial charge in [0.25, 0.3) is 5.91 Å². The zero-order valence-electron chi connectivity index (χ0n) is 12.7. The molecule has 2 heterocycles. The Balaban J connectivity index is 1.86. The van der Waals surface area contributed by atoms with E-state index in [4.69, 9.17) is 4.74 Å². The van der Waals surface area contributed by atoms with Gasteiger partial charge in [-0.25, -0.2) is 9.80 Å². The minimum absolute atomic E-state index is 0.0682. The predicted molar refractivity (Wildman–Crippen MR) is 81.5 cm³/mol. The number of thiophene rings is 1. The molecule has 120 valence electrons. The summed E-state index contributed by atoms with van der Waals surface area (Å²) in [4.78, 5) is 36.1. The van der Waals surface area contributed by atoms with Crippen molar-refractivity contribution in [1.82, 2.24) is 15.8 Å². The minimum atomic E-state index is -0.731. The summed E-state index contributed by atoms with van der Waals surface area (Å²) in [5, 5.41) is 5.81. The van der Waals surface area contributed by atoms with Gasteiger partial charge in [-0.1, -0.05) is 6.07 Å². The number of hydrogen-bond acceptors (Lipinski definition) is 6. The van der Waals surface area contributed by atoms with Crippen LogP contribution < -0.4 is 10.7 Å². The molecule has 2 N–H and O–H groups in total. The smallest absolute Gasteiger partial charge is 0.408 e. The lowest BCUT2D eigenvalue weighted by atomic mass is 10.2. The number of alkyl carbamates (subject to hydrolysis) is 1. The third-order valence-electron chi connectivity index (χ3n) is 2.81. The second-order valence-electron chi connectivity index (χ2n) is 5.96. The highest BCUT2D eigenvalue weighted by molar-refractivity contribution is 7.12. The third kappa shape index (κ3) is 4.54. The topological polar surface area (TPSA) is 87.7 Å². The van der Waals surface area contributed by atoms with Crippen LogP contribution in [0.2, 0.25) is 0 Å². The number of ketones is 1. The van der Waals surface area contributed by atoms with E-state index in [1.807, 2.05) is 5.38 Å². The highest BCUT2D eigenvalue weighted by atomic mass is 32.1. The van der Waals surface area contributed by atoms with Gasteiger partial charge >= 0.3 is 6.09 Å². The molecule has 2 amide bonds. The number of nitrogens with zero attached hydrogens (tertiary/aromatic N) is 1. The Labute approximate surface area is 132 Å². The Morgan fingerprint density at radius 1 is 1.50 bits per heavy atom. The summed E-state index contributed by atoms with van der Waals surface area (Å²) in [6.07, 6.45) is -0.654. The fourth-order valence-corrected chi connectivity index (χ4v) is 2.59. The molecule has 0 bridgehead atoms. The van der Waals surface area contributed by atoms with Crippen molar-refractivity contribution in [2.45, 2.75) is 32.4 Å². The molecule has 22 heavy (non-hydrogen) atoms. The number of carbonyl (C=O) groups excluding carboxylic acids is 3. The molecule has 7 nitrogen and oxygen atoms in total. The molecule has 1 aromatic rings. The number of hydrogen-bond donors (Lipinski definition) is 2. The molecule has 1 aliphatic heterocycles. The minimum Gasteiger partial charge on any atom is -0.444 e. The van der Waals surface area contributed by atoms with Gasteiger partial charge in [-0.15, -0.1) is 11.3 Å². The number of rotatable bonds is 4. The molecule has 8 heteroatoms. The first-order valence-corrected chi connectivity index (χ1v) is 7.74. The Kier molecular flexibility index (Phi) is 4.82. The van der Waals surface area contributed by atoms with Crippen LogP contribution in [0.15, 0.2) is 17.5 Å². The Bertz CT molecular complexity index is 565.